The second kappa shape index (κ2) is 7.54. The van der Waals surface area contributed by atoms with E-state index >= 15 is 0 Å². The molecule has 3 fully saturated rings. The van der Waals surface area contributed by atoms with Crippen molar-refractivity contribution in [1.29, 1.82) is 5.26 Å². The van der Waals surface area contributed by atoms with Crippen LogP contribution in [-0.2, 0) is 4.79 Å². The summed E-state index contributed by atoms with van der Waals surface area (Å²) in [6, 6.07) is 13.0. The predicted octanol–water partition coefficient (Wildman–Crippen LogP) is 3.48. The number of carbonyl (C=O) groups is 3. The third-order valence-electron chi connectivity index (χ3n) is 6.88. The van der Waals surface area contributed by atoms with Crippen molar-refractivity contribution in [2.45, 2.75) is 24.5 Å². The molecule has 10 heteroatoms. The number of imide groups is 1. The van der Waals surface area contributed by atoms with Crippen molar-refractivity contribution < 1.29 is 14.4 Å². The van der Waals surface area contributed by atoms with Crippen LogP contribution in [0.4, 0.5) is 26.7 Å². The summed E-state index contributed by atoms with van der Waals surface area (Å²) in [6.45, 7) is 7.37. The molecule has 0 spiro atoms. The molecule has 3 saturated heterocycles. The van der Waals surface area contributed by atoms with Crippen LogP contribution >= 0.6 is 0 Å². The first-order valence-electron chi connectivity index (χ1n) is 11.0. The molecule has 5 amide bonds. The Morgan fingerprint density at radius 1 is 1.17 bits per heavy atom. The number of likely N-dealkylation sites (tertiary alicyclic amines) is 1. The van der Waals surface area contributed by atoms with E-state index in [1.165, 1.54) is 0 Å². The Morgan fingerprint density at radius 3 is 2.71 bits per heavy atom. The SMILES string of the molecule is [C-]#[N+]c1ccc(NC(=O)N2CC3CC2[C@@H]2C(=O)N(c4ccc(C#N)c5ncccc45)C(=O)N32)cc1. The second-order valence-corrected chi connectivity index (χ2v) is 8.65. The maximum absolute atomic E-state index is 13.6. The van der Waals surface area contributed by atoms with E-state index in [1.54, 1.807) is 64.5 Å². The monoisotopic (exact) mass is 463 g/mol. The van der Waals surface area contributed by atoms with Crippen molar-refractivity contribution in [2.75, 3.05) is 16.8 Å². The summed E-state index contributed by atoms with van der Waals surface area (Å²) in [5, 5.41) is 12.8. The number of carbonyl (C=O) groups excluding carboxylic acids is 3. The minimum Gasteiger partial charge on any atom is -0.317 e. The summed E-state index contributed by atoms with van der Waals surface area (Å²) in [6.07, 6.45) is 2.10. The first-order chi connectivity index (χ1) is 17.0. The van der Waals surface area contributed by atoms with E-state index in [9.17, 15) is 19.6 Å². The molecule has 2 aromatic carbocycles. The van der Waals surface area contributed by atoms with E-state index in [-0.39, 0.29) is 12.1 Å². The number of nitriles is 1. The molecule has 2 unspecified atom stereocenters. The lowest BCUT2D eigenvalue weighted by Gasteiger charge is -2.34. The third kappa shape index (κ3) is 2.94. The molecule has 35 heavy (non-hydrogen) atoms. The number of pyridine rings is 1. The molecule has 3 aliphatic rings. The van der Waals surface area contributed by atoms with Crippen molar-refractivity contribution >= 4 is 45.9 Å². The number of aromatic nitrogens is 1. The normalized spacial score (nSPS) is 22.3. The van der Waals surface area contributed by atoms with Crippen LogP contribution in [0.1, 0.15) is 12.0 Å². The Bertz CT molecular complexity index is 1500. The summed E-state index contributed by atoms with van der Waals surface area (Å²) in [5.74, 6) is -0.392. The molecule has 0 radical (unpaired) electrons. The minimum atomic E-state index is -0.765. The van der Waals surface area contributed by atoms with Crippen molar-refractivity contribution in [2.24, 2.45) is 0 Å². The lowest BCUT2D eigenvalue weighted by Crippen LogP contribution is -2.55. The van der Waals surface area contributed by atoms with Gasteiger partial charge in [0.05, 0.1) is 35.4 Å². The number of piperazine rings is 1. The average Bonchev–Trinajstić information content (AvgIpc) is 3.55. The number of anilines is 2. The minimum absolute atomic E-state index is 0.260. The topological polar surface area (TPSA) is 114 Å². The number of nitrogens with zero attached hydrogens (tertiary/aromatic N) is 6. The zero-order valence-corrected chi connectivity index (χ0v) is 18.3. The van der Waals surface area contributed by atoms with E-state index in [4.69, 9.17) is 6.57 Å². The highest BCUT2D eigenvalue weighted by molar-refractivity contribution is 6.25. The van der Waals surface area contributed by atoms with Crippen LogP contribution in [0.15, 0.2) is 54.7 Å². The van der Waals surface area contributed by atoms with E-state index in [1.807, 2.05) is 0 Å². The van der Waals surface area contributed by atoms with Crippen molar-refractivity contribution in [3.8, 4) is 6.07 Å². The predicted molar refractivity (Wildman–Crippen MR) is 126 cm³/mol. The van der Waals surface area contributed by atoms with E-state index in [2.05, 4.69) is 21.2 Å². The molecular formula is C25H17N7O3. The first-order valence-corrected chi connectivity index (χ1v) is 11.0. The van der Waals surface area contributed by atoms with Gasteiger partial charge < -0.3 is 15.1 Å². The summed E-state index contributed by atoms with van der Waals surface area (Å²) in [4.78, 5) is 52.0. The Labute approximate surface area is 199 Å². The van der Waals surface area contributed by atoms with Gasteiger partial charge in [-0.1, -0.05) is 12.1 Å². The van der Waals surface area contributed by atoms with Gasteiger partial charge in [0, 0.05) is 23.8 Å². The maximum Gasteiger partial charge on any atom is 0.332 e. The molecule has 10 nitrogen and oxygen atoms in total. The van der Waals surface area contributed by atoms with E-state index < -0.39 is 24.0 Å². The number of hydrogen-bond acceptors (Lipinski definition) is 5. The molecule has 3 atom stereocenters. The number of fused-ring (bicyclic) bond motifs is 6. The zero-order valence-electron chi connectivity index (χ0n) is 18.3. The molecule has 1 aromatic heterocycles. The fourth-order valence-corrected chi connectivity index (χ4v) is 5.37. The smallest absolute Gasteiger partial charge is 0.317 e. The van der Waals surface area contributed by atoms with Crippen LogP contribution in [0.5, 0.6) is 0 Å². The number of hydrogen-bond donors (Lipinski definition) is 1. The van der Waals surface area contributed by atoms with Gasteiger partial charge in [-0.2, -0.15) is 5.26 Å². The molecule has 2 bridgehead atoms. The van der Waals surface area contributed by atoms with Gasteiger partial charge in [-0.25, -0.2) is 19.3 Å². The van der Waals surface area contributed by atoms with Gasteiger partial charge in [-0.3, -0.25) is 9.78 Å². The zero-order chi connectivity index (χ0) is 24.3. The Balaban J connectivity index is 1.29. The molecule has 3 aliphatic heterocycles. The van der Waals surface area contributed by atoms with Crippen LogP contribution in [-0.4, -0.2) is 57.4 Å². The maximum atomic E-state index is 13.6. The van der Waals surface area contributed by atoms with Crippen molar-refractivity contribution in [3.63, 3.8) is 0 Å². The van der Waals surface area contributed by atoms with Crippen LogP contribution in [0.25, 0.3) is 15.7 Å². The van der Waals surface area contributed by atoms with Gasteiger partial charge in [-0.15, -0.1) is 0 Å². The highest BCUT2D eigenvalue weighted by Gasteiger charge is 2.63. The summed E-state index contributed by atoms with van der Waals surface area (Å²) in [5.41, 5.74) is 2.19. The van der Waals surface area contributed by atoms with E-state index in [0.717, 1.165) is 4.90 Å². The van der Waals surface area contributed by atoms with Gasteiger partial charge in [-0.05, 0) is 42.8 Å². The van der Waals surface area contributed by atoms with Crippen molar-refractivity contribution in [1.82, 2.24) is 14.8 Å². The molecule has 0 saturated carbocycles. The Morgan fingerprint density at radius 2 is 1.97 bits per heavy atom. The van der Waals surface area contributed by atoms with Gasteiger partial charge in [0.2, 0.25) is 0 Å². The summed E-state index contributed by atoms with van der Waals surface area (Å²) < 4.78 is 0. The van der Waals surface area contributed by atoms with E-state index in [0.29, 0.717) is 46.5 Å². The molecule has 0 aliphatic carbocycles. The number of amides is 5. The summed E-state index contributed by atoms with van der Waals surface area (Å²) >= 11 is 0. The lowest BCUT2D eigenvalue weighted by molar-refractivity contribution is -0.120. The number of nitrogens with one attached hydrogen (secondary N) is 1. The molecule has 3 aromatic rings. The summed E-state index contributed by atoms with van der Waals surface area (Å²) in [7, 11) is 0. The van der Waals surface area contributed by atoms with Gasteiger partial charge in [0.1, 0.15) is 12.1 Å². The van der Waals surface area contributed by atoms with Crippen LogP contribution < -0.4 is 10.2 Å². The molecule has 6 rings (SSSR count). The van der Waals surface area contributed by atoms with Crippen LogP contribution in [0, 0.1) is 17.9 Å². The largest absolute Gasteiger partial charge is 0.332 e. The molecule has 1 N–H and O–H groups in total. The second-order valence-electron chi connectivity index (χ2n) is 8.65. The highest BCUT2D eigenvalue weighted by atomic mass is 16.2. The van der Waals surface area contributed by atoms with Gasteiger partial charge >= 0.3 is 12.1 Å². The Hall–Kier alpha value is -4.96. The highest BCUT2D eigenvalue weighted by Crippen LogP contribution is 2.43. The van der Waals surface area contributed by atoms with Crippen LogP contribution in [0.3, 0.4) is 0 Å². The fourth-order valence-electron chi connectivity index (χ4n) is 5.37. The van der Waals surface area contributed by atoms with Crippen molar-refractivity contribution in [3.05, 3.63) is 71.7 Å². The number of rotatable bonds is 2. The standard InChI is InChI=1S/C25H17N7O3/c1-27-15-5-7-16(8-6-15)29-24(34)30-13-17-11-20(30)22-23(33)32(25(35)31(17)22)19-9-4-14(12-26)21-18(19)3-2-10-28-21/h2-10,17,20,22H,11,13H2,(H,29,34)/t17?,20?,22-/m1/s1. The number of benzene rings is 2. The molecular weight excluding hydrogens is 446 g/mol. The van der Waals surface area contributed by atoms with Gasteiger partial charge in [0.25, 0.3) is 5.91 Å². The first kappa shape index (κ1) is 20.6. The molecule has 4 heterocycles. The average molecular weight is 463 g/mol. The van der Waals surface area contributed by atoms with Gasteiger partial charge in [0.15, 0.2) is 5.69 Å². The molecule has 170 valence electrons. The fraction of sp³-hybridized carbons (Fsp3) is 0.200. The Kier molecular flexibility index (Phi) is 4.44. The third-order valence-corrected chi connectivity index (χ3v) is 6.88. The lowest BCUT2D eigenvalue weighted by atomic mass is 10.1. The van der Waals surface area contributed by atoms with Crippen LogP contribution in [0.2, 0.25) is 0 Å². The number of urea groups is 2. The quantitative estimate of drug-likeness (QED) is 0.462.